The van der Waals surface area contributed by atoms with E-state index in [1.165, 1.54) is 12.1 Å². The number of nitrogens with one attached hydrogen (secondary N) is 2. The highest BCUT2D eigenvalue weighted by atomic mass is 32.2. The minimum atomic E-state index is -3.95. The summed E-state index contributed by atoms with van der Waals surface area (Å²) in [6.45, 7) is 9.92. The van der Waals surface area contributed by atoms with E-state index in [0.29, 0.717) is 17.7 Å². The molecule has 4 rings (SSSR count). The Hall–Kier alpha value is -2.94. The van der Waals surface area contributed by atoms with Gasteiger partial charge in [-0.15, -0.1) is 0 Å². The van der Waals surface area contributed by atoms with Crippen LogP contribution in [0.1, 0.15) is 58.6 Å². The van der Waals surface area contributed by atoms with Crippen molar-refractivity contribution in [2.24, 2.45) is 10.2 Å². The molecular formula is C27H34N3O6PS. The summed E-state index contributed by atoms with van der Waals surface area (Å²) in [5.74, 6) is -0.616. The molecule has 0 saturated carbocycles. The Bertz CT molecular complexity index is 1520. The van der Waals surface area contributed by atoms with Crippen LogP contribution in [0.3, 0.4) is 0 Å². The maximum absolute atomic E-state index is 14.2. The summed E-state index contributed by atoms with van der Waals surface area (Å²) in [5.41, 5.74) is 0.770. The topological polar surface area (TPSA) is 134 Å². The van der Waals surface area contributed by atoms with Gasteiger partial charge in [0.15, 0.2) is 5.78 Å². The van der Waals surface area contributed by atoms with Gasteiger partial charge >= 0.3 is 7.52 Å². The molecular weight excluding hydrogens is 525 g/mol. The first-order valence-electron chi connectivity index (χ1n) is 12.4. The van der Waals surface area contributed by atoms with Crippen molar-refractivity contribution in [3.8, 4) is 0 Å². The second-order valence-electron chi connectivity index (χ2n) is 11.1. The average Bonchev–Trinajstić information content (AvgIpc) is 2.81. The van der Waals surface area contributed by atoms with Crippen molar-refractivity contribution in [2.45, 2.75) is 52.9 Å². The van der Waals surface area contributed by atoms with E-state index < -0.39 is 23.0 Å². The summed E-state index contributed by atoms with van der Waals surface area (Å²) in [6.07, 6.45) is 2.31. The lowest BCUT2D eigenvalue weighted by atomic mass is 9.65. The minimum absolute atomic E-state index is 0.0243. The molecule has 2 unspecified atom stereocenters. The number of fused-ring (bicyclic) bond motifs is 2. The standard InChI is InChI=1S/C27H34N3O6PS/c1-7-36-37(33)21-16-17(30-38(6,34)35)12-13-20(21)28-25(29-37)22-23(31)18-10-8-9-11-19(18)27(5,24(22)32)15-14-26(2,3)4/h8-13,16,30-31H,7,14-15H2,1-6H3,(H,28,29,33). The number of rotatable bonds is 7. The van der Waals surface area contributed by atoms with E-state index in [4.69, 9.17) is 4.52 Å². The van der Waals surface area contributed by atoms with E-state index in [1.807, 2.05) is 19.1 Å². The monoisotopic (exact) mass is 559 g/mol. The van der Waals surface area contributed by atoms with Crippen LogP contribution >= 0.6 is 7.52 Å². The predicted octanol–water partition coefficient (Wildman–Crippen LogP) is 5.37. The number of sulfonamides is 1. The minimum Gasteiger partial charge on any atom is -0.506 e. The highest BCUT2D eigenvalue weighted by Gasteiger charge is 2.47. The van der Waals surface area contributed by atoms with Gasteiger partial charge in [-0.05, 0) is 55.9 Å². The summed E-state index contributed by atoms with van der Waals surface area (Å²) in [4.78, 5) is 14.2. The molecule has 0 spiro atoms. The fraction of sp³-hybridized carbons (Fsp3) is 0.407. The molecule has 1 aliphatic carbocycles. The summed E-state index contributed by atoms with van der Waals surface area (Å²) >= 11 is 0. The van der Waals surface area contributed by atoms with Gasteiger partial charge < -0.3 is 14.9 Å². The summed E-state index contributed by atoms with van der Waals surface area (Å²) in [6, 6.07) is 11.7. The van der Waals surface area contributed by atoms with Crippen molar-refractivity contribution in [1.29, 1.82) is 0 Å². The number of ketones is 1. The van der Waals surface area contributed by atoms with Crippen LogP contribution in [-0.4, -0.2) is 38.0 Å². The third kappa shape index (κ3) is 5.30. The molecule has 11 heteroatoms. The van der Waals surface area contributed by atoms with E-state index in [9.17, 15) is 22.9 Å². The van der Waals surface area contributed by atoms with Crippen LogP contribution in [0.15, 0.2) is 52.8 Å². The van der Waals surface area contributed by atoms with Crippen LogP contribution in [0.25, 0.3) is 5.76 Å². The van der Waals surface area contributed by atoms with Gasteiger partial charge in [0.2, 0.25) is 10.0 Å². The van der Waals surface area contributed by atoms with Gasteiger partial charge in [-0.25, -0.2) is 8.42 Å². The quantitative estimate of drug-likeness (QED) is 0.388. The number of Topliss-reactive ketones (excluding diaryl/α,β-unsaturated/α-hetero) is 1. The van der Waals surface area contributed by atoms with Crippen molar-refractivity contribution in [3.63, 3.8) is 0 Å². The van der Waals surface area contributed by atoms with Crippen LogP contribution < -0.4 is 15.3 Å². The zero-order valence-electron chi connectivity index (χ0n) is 22.5. The smallest absolute Gasteiger partial charge is 0.348 e. The van der Waals surface area contributed by atoms with Crippen LogP contribution in [0, 0.1) is 5.41 Å². The lowest BCUT2D eigenvalue weighted by Crippen LogP contribution is -2.43. The number of hydrogen-bond acceptors (Lipinski definition) is 7. The number of anilines is 2. The van der Waals surface area contributed by atoms with Crippen molar-refractivity contribution >= 4 is 51.6 Å². The molecule has 0 bridgehead atoms. The fourth-order valence-corrected chi connectivity index (χ4v) is 7.14. The van der Waals surface area contributed by atoms with Gasteiger partial charge in [0, 0.05) is 11.3 Å². The van der Waals surface area contributed by atoms with Crippen LogP contribution in [0.2, 0.25) is 0 Å². The Labute approximate surface area is 224 Å². The Kier molecular flexibility index (Phi) is 7.14. The van der Waals surface area contributed by atoms with Crippen molar-refractivity contribution in [1.82, 2.24) is 0 Å². The molecule has 1 aliphatic heterocycles. The molecule has 2 aromatic carbocycles. The maximum atomic E-state index is 14.2. The van der Waals surface area contributed by atoms with Crippen molar-refractivity contribution < 1.29 is 27.4 Å². The Morgan fingerprint density at radius 1 is 1.18 bits per heavy atom. The SMILES string of the molecule is CCOP1(=O)N=C(C2=C(O)c3ccccc3C(C)(CCC(C)(C)C)C2=O)Nc2ccc(NS(C)(=O)=O)cc21. The molecule has 0 radical (unpaired) electrons. The summed E-state index contributed by atoms with van der Waals surface area (Å²) in [5, 5.41) is 14.6. The third-order valence-electron chi connectivity index (χ3n) is 6.75. The molecule has 3 N–H and O–H groups in total. The van der Waals surface area contributed by atoms with Gasteiger partial charge in [0.05, 0.1) is 29.3 Å². The molecule has 2 aromatic rings. The molecule has 1 heterocycles. The third-order valence-corrected chi connectivity index (χ3v) is 9.40. The number of nitrogens with zero attached hydrogens (tertiary/aromatic N) is 1. The molecule has 0 saturated heterocycles. The van der Waals surface area contributed by atoms with Gasteiger partial charge in [0.1, 0.15) is 17.2 Å². The number of carbonyl (C=O) groups excluding carboxylic acids is 1. The van der Waals surface area contributed by atoms with E-state index in [-0.39, 0.29) is 46.0 Å². The van der Waals surface area contributed by atoms with Crippen molar-refractivity contribution in [2.75, 3.05) is 22.9 Å². The van der Waals surface area contributed by atoms with Crippen LogP contribution in [-0.2, 0) is 29.3 Å². The zero-order valence-corrected chi connectivity index (χ0v) is 24.2. The van der Waals surface area contributed by atoms with Gasteiger partial charge in [-0.2, -0.15) is 4.76 Å². The fourth-order valence-electron chi connectivity index (χ4n) is 4.78. The normalized spacial score (nSPS) is 23.3. The van der Waals surface area contributed by atoms with Gasteiger partial charge in [-0.1, -0.05) is 45.0 Å². The lowest BCUT2D eigenvalue weighted by molar-refractivity contribution is -0.120. The van der Waals surface area contributed by atoms with Gasteiger partial charge in [0.25, 0.3) is 0 Å². The number of carbonyl (C=O) groups is 1. The first kappa shape index (κ1) is 28.1. The number of aliphatic hydroxyl groups is 1. The van der Waals surface area contributed by atoms with Crippen LogP contribution in [0.5, 0.6) is 0 Å². The number of amidine groups is 1. The highest BCUT2D eigenvalue weighted by Crippen LogP contribution is 2.53. The first-order chi connectivity index (χ1) is 17.6. The van der Waals surface area contributed by atoms with E-state index in [2.05, 4.69) is 35.6 Å². The molecule has 0 fully saturated rings. The summed E-state index contributed by atoms with van der Waals surface area (Å²) in [7, 11) is -7.52. The molecule has 2 aliphatic rings. The number of aliphatic hydroxyl groups excluding tert-OH is 1. The molecule has 9 nitrogen and oxygen atoms in total. The number of benzene rings is 2. The average molecular weight is 560 g/mol. The van der Waals surface area contributed by atoms with Crippen molar-refractivity contribution in [3.05, 3.63) is 59.2 Å². The predicted molar refractivity (Wildman–Crippen MR) is 152 cm³/mol. The van der Waals surface area contributed by atoms with Crippen LogP contribution in [0.4, 0.5) is 11.4 Å². The van der Waals surface area contributed by atoms with E-state index in [0.717, 1.165) is 18.2 Å². The first-order valence-corrected chi connectivity index (χ1v) is 15.9. The van der Waals surface area contributed by atoms with E-state index >= 15 is 0 Å². The lowest BCUT2D eigenvalue weighted by Gasteiger charge is -2.38. The Balaban J connectivity index is 1.87. The molecule has 204 valence electrons. The molecule has 0 aromatic heterocycles. The van der Waals surface area contributed by atoms with Gasteiger partial charge in [-0.3, -0.25) is 14.1 Å². The Morgan fingerprint density at radius 2 is 1.87 bits per heavy atom. The highest BCUT2D eigenvalue weighted by molar-refractivity contribution is 7.92. The Morgan fingerprint density at radius 3 is 2.50 bits per heavy atom. The largest absolute Gasteiger partial charge is 0.506 e. The second kappa shape index (κ2) is 9.67. The summed E-state index contributed by atoms with van der Waals surface area (Å²) < 4.78 is 49.9. The van der Waals surface area contributed by atoms with E-state index in [1.54, 1.807) is 25.1 Å². The molecule has 2 atom stereocenters. The number of hydrogen-bond donors (Lipinski definition) is 3. The molecule has 0 amide bonds. The zero-order chi connectivity index (χ0) is 28.1. The maximum Gasteiger partial charge on any atom is 0.348 e. The second-order valence-corrected chi connectivity index (χ2v) is 14.8. The molecule has 38 heavy (non-hydrogen) atoms.